The standard InChI is InChI=1S/C16H10BrN3O4S/c17-12-3-1-2-11(8-12)15-18-19(14(25)9-24-15)16(21)10-4-6-13(7-5-10)20(22)23/h1-8H,9H2. The van der Waals surface area contributed by atoms with Crippen molar-refractivity contribution < 1.29 is 14.5 Å². The monoisotopic (exact) mass is 419 g/mol. The summed E-state index contributed by atoms with van der Waals surface area (Å²) in [5.41, 5.74) is 0.838. The van der Waals surface area contributed by atoms with Gasteiger partial charge in [0.25, 0.3) is 11.6 Å². The summed E-state index contributed by atoms with van der Waals surface area (Å²) in [4.78, 5) is 23.0. The van der Waals surface area contributed by atoms with Gasteiger partial charge in [-0.15, -0.1) is 5.10 Å². The van der Waals surface area contributed by atoms with E-state index < -0.39 is 10.8 Å². The fourth-order valence-electron chi connectivity index (χ4n) is 2.14. The maximum atomic E-state index is 12.6. The molecular formula is C16H10BrN3O4S. The Morgan fingerprint density at radius 3 is 2.64 bits per heavy atom. The molecule has 0 aliphatic carbocycles. The number of nitro groups is 1. The van der Waals surface area contributed by atoms with Gasteiger partial charge < -0.3 is 4.74 Å². The van der Waals surface area contributed by atoms with Gasteiger partial charge in [0.15, 0.2) is 0 Å². The Labute approximate surface area is 156 Å². The SMILES string of the molecule is O=C(c1ccc([N+](=O)[O-])cc1)N1N=C(c2cccc(Br)c2)OCC1=S. The molecule has 0 fully saturated rings. The fourth-order valence-corrected chi connectivity index (χ4v) is 2.72. The van der Waals surface area contributed by atoms with E-state index in [0.29, 0.717) is 5.56 Å². The molecule has 0 saturated carbocycles. The lowest BCUT2D eigenvalue weighted by Gasteiger charge is -2.24. The summed E-state index contributed by atoms with van der Waals surface area (Å²) in [6, 6.07) is 12.5. The van der Waals surface area contributed by atoms with Crippen molar-refractivity contribution in [3.8, 4) is 0 Å². The van der Waals surface area contributed by atoms with Crippen LogP contribution in [0.5, 0.6) is 0 Å². The zero-order chi connectivity index (χ0) is 18.0. The molecule has 0 radical (unpaired) electrons. The van der Waals surface area contributed by atoms with Crippen LogP contribution in [0.3, 0.4) is 0 Å². The second kappa shape index (κ2) is 7.08. The van der Waals surface area contributed by atoms with Gasteiger partial charge in [-0.2, -0.15) is 5.01 Å². The number of ether oxygens (including phenoxy) is 1. The zero-order valence-corrected chi connectivity index (χ0v) is 15.0. The van der Waals surface area contributed by atoms with Crippen molar-refractivity contribution in [1.82, 2.24) is 5.01 Å². The number of nitrogens with zero attached hydrogens (tertiary/aromatic N) is 3. The second-order valence-corrected chi connectivity index (χ2v) is 6.41. The Bertz CT molecular complexity index is 899. The van der Waals surface area contributed by atoms with Crippen LogP contribution in [0.15, 0.2) is 58.1 Å². The molecule has 0 N–H and O–H groups in total. The molecule has 1 aliphatic heterocycles. The third kappa shape index (κ3) is 3.72. The second-order valence-electron chi connectivity index (χ2n) is 5.02. The fraction of sp³-hybridized carbons (Fsp3) is 0.0625. The quantitative estimate of drug-likeness (QED) is 0.431. The van der Waals surface area contributed by atoms with E-state index in [2.05, 4.69) is 21.0 Å². The number of amides is 1. The van der Waals surface area contributed by atoms with Crippen molar-refractivity contribution in [3.63, 3.8) is 0 Å². The lowest BCUT2D eigenvalue weighted by molar-refractivity contribution is -0.384. The molecule has 7 nitrogen and oxygen atoms in total. The van der Waals surface area contributed by atoms with Crippen LogP contribution in [-0.2, 0) is 4.74 Å². The number of rotatable bonds is 3. The first-order valence-electron chi connectivity index (χ1n) is 7.05. The van der Waals surface area contributed by atoms with E-state index in [1.165, 1.54) is 24.3 Å². The van der Waals surface area contributed by atoms with Crippen molar-refractivity contribution in [1.29, 1.82) is 0 Å². The molecule has 25 heavy (non-hydrogen) atoms. The Morgan fingerprint density at radius 1 is 1.28 bits per heavy atom. The van der Waals surface area contributed by atoms with E-state index in [1.54, 1.807) is 6.07 Å². The Morgan fingerprint density at radius 2 is 2.00 bits per heavy atom. The van der Waals surface area contributed by atoms with Crippen molar-refractivity contribution >= 4 is 50.6 Å². The van der Waals surface area contributed by atoms with E-state index in [1.807, 2.05) is 18.2 Å². The number of non-ortho nitro benzene ring substituents is 1. The van der Waals surface area contributed by atoms with Crippen molar-refractivity contribution in [3.05, 3.63) is 74.2 Å². The minimum absolute atomic E-state index is 0.0411. The molecule has 1 aliphatic rings. The maximum Gasteiger partial charge on any atom is 0.279 e. The van der Waals surface area contributed by atoms with Gasteiger partial charge in [-0.25, -0.2) is 0 Å². The highest BCUT2D eigenvalue weighted by Crippen LogP contribution is 2.19. The average Bonchev–Trinajstić information content (AvgIpc) is 2.61. The number of hydrogen-bond donors (Lipinski definition) is 0. The molecule has 2 aromatic carbocycles. The number of hydrazone groups is 1. The molecule has 1 heterocycles. The average molecular weight is 420 g/mol. The minimum atomic E-state index is -0.531. The van der Waals surface area contributed by atoms with Gasteiger partial charge in [-0.05, 0) is 30.3 Å². The largest absolute Gasteiger partial charge is 0.469 e. The molecule has 9 heteroatoms. The van der Waals surface area contributed by atoms with Crippen LogP contribution < -0.4 is 0 Å². The van der Waals surface area contributed by atoms with Gasteiger partial charge in [0.1, 0.15) is 11.6 Å². The van der Waals surface area contributed by atoms with Gasteiger partial charge >= 0.3 is 0 Å². The number of carbonyl (C=O) groups excluding carboxylic acids is 1. The predicted molar refractivity (Wildman–Crippen MR) is 98.5 cm³/mol. The summed E-state index contributed by atoms with van der Waals surface area (Å²) in [5.74, 6) is -0.208. The van der Waals surface area contributed by atoms with E-state index in [-0.39, 0.29) is 28.7 Å². The molecule has 0 spiro atoms. The molecule has 2 aromatic rings. The smallest absolute Gasteiger partial charge is 0.279 e. The topological polar surface area (TPSA) is 85.0 Å². The number of halogens is 1. The van der Waals surface area contributed by atoms with E-state index >= 15 is 0 Å². The van der Waals surface area contributed by atoms with Crippen LogP contribution >= 0.6 is 28.1 Å². The molecular weight excluding hydrogens is 410 g/mol. The molecule has 0 unspecified atom stereocenters. The molecule has 0 saturated heterocycles. The summed E-state index contributed by atoms with van der Waals surface area (Å²) in [6.45, 7) is 0.0411. The molecule has 0 atom stereocenters. The van der Waals surface area contributed by atoms with E-state index in [9.17, 15) is 14.9 Å². The minimum Gasteiger partial charge on any atom is -0.469 e. The number of thiocarbonyl (C=S) groups is 1. The predicted octanol–water partition coefficient (Wildman–Crippen LogP) is 3.52. The Hall–Kier alpha value is -2.65. The lowest BCUT2D eigenvalue weighted by atomic mass is 10.2. The summed E-state index contributed by atoms with van der Waals surface area (Å²) in [6.07, 6.45) is 0. The van der Waals surface area contributed by atoms with E-state index in [0.717, 1.165) is 9.48 Å². The van der Waals surface area contributed by atoms with E-state index in [4.69, 9.17) is 17.0 Å². The van der Waals surface area contributed by atoms with Crippen molar-refractivity contribution in [2.24, 2.45) is 5.10 Å². The van der Waals surface area contributed by atoms with Gasteiger partial charge in [0.2, 0.25) is 5.90 Å². The van der Waals surface area contributed by atoms with Gasteiger partial charge in [0.05, 0.1) is 4.92 Å². The highest BCUT2D eigenvalue weighted by Gasteiger charge is 2.26. The van der Waals surface area contributed by atoms with Gasteiger partial charge in [0, 0.05) is 27.7 Å². The number of carbonyl (C=O) groups is 1. The number of benzene rings is 2. The molecule has 0 aromatic heterocycles. The Kier molecular flexibility index (Phi) is 4.86. The highest BCUT2D eigenvalue weighted by atomic mass is 79.9. The molecule has 0 bridgehead atoms. The number of nitro benzene ring substituents is 1. The maximum absolute atomic E-state index is 12.6. The summed E-state index contributed by atoms with van der Waals surface area (Å²) >= 11 is 8.52. The number of hydrogen-bond acceptors (Lipinski definition) is 6. The third-order valence-corrected chi connectivity index (χ3v) is 4.13. The summed E-state index contributed by atoms with van der Waals surface area (Å²) in [7, 11) is 0. The summed E-state index contributed by atoms with van der Waals surface area (Å²) in [5, 5.41) is 16.0. The first-order valence-corrected chi connectivity index (χ1v) is 8.25. The lowest BCUT2D eigenvalue weighted by Crippen LogP contribution is -2.39. The Balaban J connectivity index is 1.91. The van der Waals surface area contributed by atoms with Gasteiger partial charge in [-0.1, -0.05) is 34.2 Å². The van der Waals surface area contributed by atoms with Gasteiger partial charge in [-0.3, -0.25) is 14.9 Å². The van der Waals surface area contributed by atoms with Crippen LogP contribution in [0.25, 0.3) is 0 Å². The first kappa shape index (κ1) is 17.2. The molecule has 3 rings (SSSR count). The van der Waals surface area contributed by atoms with Crippen LogP contribution in [0.1, 0.15) is 15.9 Å². The molecule has 1 amide bonds. The van der Waals surface area contributed by atoms with Crippen LogP contribution in [0.4, 0.5) is 5.69 Å². The van der Waals surface area contributed by atoms with Crippen LogP contribution in [0.2, 0.25) is 0 Å². The first-order chi connectivity index (χ1) is 12.0. The van der Waals surface area contributed by atoms with Crippen molar-refractivity contribution in [2.45, 2.75) is 0 Å². The van der Waals surface area contributed by atoms with Crippen LogP contribution in [-0.4, -0.2) is 33.3 Å². The van der Waals surface area contributed by atoms with Crippen LogP contribution in [0, 0.1) is 10.1 Å². The van der Waals surface area contributed by atoms with Crippen molar-refractivity contribution in [2.75, 3.05) is 6.61 Å². The zero-order valence-electron chi connectivity index (χ0n) is 12.6. The normalized spacial score (nSPS) is 13.9. The highest BCUT2D eigenvalue weighted by molar-refractivity contribution is 9.10. The summed E-state index contributed by atoms with van der Waals surface area (Å²) < 4.78 is 6.35. The molecule has 126 valence electrons. The third-order valence-electron chi connectivity index (χ3n) is 3.35.